The summed E-state index contributed by atoms with van der Waals surface area (Å²) in [5.74, 6) is 0.213. The average molecular weight is 322 g/mol. The summed E-state index contributed by atoms with van der Waals surface area (Å²) < 4.78 is 5.51. The third kappa shape index (κ3) is 3.67. The van der Waals surface area contributed by atoms with Crippen molar-refractivity contribution in [2.75, 3.05) is 26.2 Å². The molecule has 3 heterocycles. The van der Waals surface area contributed by atoms with Crippen LogP contribution in [0.2, 0.25) is 0 Å². The Morgan fingerprint density at radius 1 is 1.32 bits per heavy atom. The molecule has 120 valence electrons. The largest absolute Gasteiger partial charge is 0.376 e. The minimum atomic E-state index is 0.0212. The van der Waals surface area contributed by atoms with E-state index in [1.165, 1.54) is 11.3 Å². The first-order chi connectivity index (χ1) is 10.7. The Kier molecular flexibility index (Phi) is 5.10. The zero-order valence-electron chi connectivity index (χ0n) is 12.6. The highest BCUT2D eigenvalue weighted by Gasteiger charge is 2.28. The van der Waals surface area contributed by atoms with E-state index >= 15 is 0 Å². The molecule has 0 aromatic carbocycles. The monoisotopic (exact) mass is 322 g/mol. The molecular formula is C16H22N2O3S. The smallest absolute Gasteiger partial charge is 0.254 e. The van der Waals surface area contributed by atoms with Crippen molar-refractivity contribution in [1.82, 2.24) is 10.2 Å². The van der Waals surface area contributed by atoms with Crippen LogP contribution in [0.15, 0.2) is 16.8 Å². The van der Waals surface area contributed by atoms with Crippen LogP contribution in [0.3, 0.4) is 0 Å². The van der Waals surface area contributed by atoms with Crippen molar-refractivity contribution in [2.45, 2.75) is 31.8 Å². The van der Waals surface area contributed by atoms with Crippen molar-refractivity contribution in [3.63, 3.8) is 0 Å². The van der Waals surface area contributed by atoms with Gasteiger partial charge in [-0.25, -0.2) is 0 Å². The fraction of sp³-hybridized carbons (Fsp3) is 0.625. The third-order valence-electron chi connectivity index (χ3n) is 4.45. The number of carbonyl (C=O) groups excluding carboxylic acids is 2. The molecule has 1 N–H and O–H groups in total. The Balaban J connectivity index is 1.42. The summed E-state index contributed by atoms with van der Waals surface area (Å²) >= 11 is 1.53. The van der Waals surface area contributed by atoms with Crippen molar-refractivity contribution >= 4 is 23.2 Å². The molecule has 0 saturated carbocycles. The molecule has 1 atom stereocenters. The van der Waals surface area contributed by atoms with Gasteiger partial charge in [-0.3, -0.25) is 9.59 Å². The summed E-state index contributed by atoms with van der Waals surface area (Å²) in [6.45, 7) is 2.75. The van der Waals surface area contributed by atoms with Gasteiger partial charge in [-0.2, -0.15) is 11.3 Å². The number of hydrogen-bond donors (Lipinski definition) is 1. The summed E-state index contributed by atoms with van der Waals surface area (Å²) in [6.07, 6.45) is 3.79. The summed E-state index contributed by atoms with van der Waals surface area (Å²) in [6, 6.07) is 1.85. The van der Waals surface area contributed by atoms with Crippen molar-refractivity contribution in [3.8, 4) is 0 Å². The van der Waals surface area contributed by atoms with E-state index in [0.717, 1.165) is 37.9 Å². The quantitative estimate of drug-likeness (QED) is 0.921. The van der Waals surface area contributed by atoms with Gasteiger partial charge in [-0.1, -0.05) is 0 Å². The number of likely N-dealkylation sites (tertiary alicyclic amines) is 1. The highest BCUT2D eigenvalue weighted by molar-refractivity contribution is 7.08. The summed E-state index contributed by atoms with van der Waals surface area (Å²) in [5.41, 5.74) is 0.756. The molecule has 2 saturated heterocycles. The second-order valence-electron chi connectivity index (χ2n) is 5.96. The normalized spacial score (nSPS) is 22.7. The molecule has 0 spiro atoms. The van der Waals surface area contributed by atoms with Gasteiger partial charge in [-0.05, 0) is 37.1 Å². The first-order valence-electron chi connectivity index (χ1n) is 7.95. The van der Waals surface area contributed by atoms with Crippen LogP contribution < -0.4 is 5.32 Å². The lowest BCUT2D eigenvalue weighted by Gasteiger charge is -2.31. The van der Waals surface area contributed by atoms with Crippen molar-refractivity contribution < 1.29 is 14.3 Å². The second kappa shape index (κ2) is 7.24. The van der Waals surface area contributed by atoms with Crippen LogP contribution >= 0.6 is 11.3 Å². The number of amides is 2. The molecule has 6 heteroatoms. The van der Waals surface area contributed by atoms with E-state index < -0.39 is 0 Å². The molecule has 2 aliphatic heterocycles. The minimum Gasteiger partial charge on any atom is -0.376 e. The fourth-order valence-electron chi connectivity index (χ4n) is 3.08. The van der Waals surface area contributed by atoms with E-state index in [9.17, 15) is 9.59 Å². The van der Waals surface area contributed by atoms with Gasteiger partial charge in [0.2, 0.25) is 5.91 Å². The van der Waals surface area contributed by atoms with E-state index in [-0.39, 0.29) is 23.8 Å². The first-order valence-corrected chi connectivity index (χ1v) is 8.89. The molecule has 0 radical (unpaired) electrons. The molecule has 3 rings (SSSR count). The Morgan fingerprint density at radius 2 is 2.14 bits per heavy atom. The maximum atomic E-state index is 12.3. The highest BCUT2D eigenvalue weighted by Crippen LogP contribution is 2.20. The van der Waals surface area contributed by atoms with Gasteiger partial charge < -0.3 is 15.0 Å². The van der Waals surface area contributed by atoms with Gasteiger partial charge in [-0.15, -0.1) is 0 Å². The number of carbonyl (C=O) groups is 2. The van der Waals surface area contributed by atoms with Crippen LogP contribution in [-0.4, -0.2) is 49.1 Å². The number of hydrogen-bond acceptors (Lipinski definition) is 4. The number of nitrogens with zero attached hydrogens (tertiary/aromatic N) is 1. The molecule has 22 heavy (non-hydrogen) atoms. The lowest BCUT2D eigenvalue weighted by Crippen LogP contribution is -2.44. The van der Waals surface area contributed by atoms with Crippen LogP contribution in [-0.2, 0) is 9.53 Å². The Labute approximate surface area is 134 Å². The maximum Gasteiger partial charge on any atom is 0.254 e. The molecule has 0 unspecified atom stereocenters. The molecule has 0 aliphatic carbocycles. The molecular weight excluding hydrogens is 300 g/mol. The molecule has 1 aromatic heterocycles. The Morgan fingerprint density at radius 3 is 2.77 bits per heavy atom. The van der Waals surface area contributed by atoms with E-state index in [4.69, 9.17) is 4.74 Å². The molecule has 1 aromatic rings. The van der Waals surface area contributed by atoms with E-state index in [2.05, 4.69) is 5.32 Å². The zero-order valence-corrected chi connectivity index (χ0v) is 13.4. The molecule has 2 aliphatic rings. The van der Waals surface area contributed by atoms with E-state index in [1.807, 2.05) is 21.7 Å². The molecule has 2 fully saturated rings. The van der Waals surface area contributed by atoms with Crippen LogP contribution in [0.1, 0.15) is 36.0 Å². The van der Waals surface area contributed by atoms with Crippen LogP contribution in [0.25, 0.3) is 0 Å². The van der Waals surface area contributed by atoms with Crippen LogP contribution in [0.5, 0.6) is 0 Å². The number of nitrogens with one attached hydrogen (secondary N) is 1. The lowest BCUT2D eigenvalue weighted by atomic mass is 9.95. The number of ether oxygens (including phenoxy) is 1. The Bertz CT molecular complexity index is 503. The highest BCUT2D eigenvalue weighted by atomic mass is 32.1. The van der Waals surface area contributed by atoms with Gasteiger partial charge in [0.15, 0.2) is 0 Å². The van der Waals surface area contributed by atoms with Gasteiger partial charge in [0.1, 0.15) is 0 Å². The first kappa shape index (κ1) is 15.5. The lowest BCUT2D eigenvalue weighted by molar-refractivity contribution is -0.126. The van der Waals surface area contributed by atoms with Crippen molar-refractivity contribution in [2.24, 2.45) is 5.92 Å². The van der Waals surface area contributed by atoms with Gasteiger partial charge in [0.05, 0.1) is 11.7 Å². The molecule has 0 bridgehead atoms. The Hall–Kier alpha value is -1.40. The second-order valence-corrected chi connectivity index (χ2v) is 6.74. The van der Waals surface area contributed by atoms with E-state index in [0.29, 0.717) is 19.6 Å². The van der Waals surface area contributed by atoms with Gasteiger partial charge >= 0.3 is 0 Å². The molecule has 2 amide bonds. The number of thiophene rings is 1. The summed E-state index contributed by atoms with van der Waals surface area (Å²) in [5, 5.41) is 6.79. The SMILES string of the molecule is O=C(NC[C@H]1CCCO1)C1CCN(C(=O)c2ccsc2)CC1. The maximum absolute atomic E-state index is 12.3. The third-order valence-corrected chi connectivity index (χ3v) is 5.13. The summed E-state index contributed by atoms with van der Waals surface area (Å²) in [4.78, 5) is 26.3. The van der Waals surface area contributed by atoms with Crippen LogP contribution in [0.4, 0.5) is 0 Å². The van der Waals surface area contributed by atoms with Crippen molar-refractivity contribution in [1.29, 1.82) is 0 Å². The topological polar surface area (TPSA) is 58.6 Å². The number of piperidine rings is 1. The van der Waals surface area contributed by atoms with Gasteiger partial charge in [0.25, 0.3) is 5.91 Å². The molecule has 5 nitrogen and oxygen atoms in total. The van der Waals surface area contributed by atoms with Gasteiger partial charge in [0, 0.05) is 37.5 Å². The number of rotatable bonds is 4. The standard InChI is InChI=1S/C16H22N2O3S/c19-15(17-10-14-2-1-8-21-14)12-3-6-18(7-4-12)16(20)13-5-9-22-11-13/h5,9,11-12,14H,1-4,6-8,10H2,(H,17,19)/t14-/m1/s1. The average Bonchev–Trinajstić information content (AvgIpc) is 3.25. The van der Waals surface area contributed by atoms with Crippen molar-refractivity contribution in [3.05, 3.63) is 22.4 Å². The summed E-state index contributed by atoms with van der Waals surface area (Å²) in [7, 11) is 0. The zero-order chi connectivity index (χ0) is 15.4. The van der Waals surface area contributed by atoms with Crippen LogP contribution in [0, 0.1) is 5.92 Å². The minimum absolute atomic E-state index is 0.0212. The predicted octanol–water partition coefficient (Wildman–Crippen LogP) is 1.90. The fourth-order valence-corrected chi connectivity index (χ4v) is 3.71. The van der Waals surface area contributed by atoms with E-state index in [1.54, 1.807) is 0 Å². The predicted molar refractivity (Wildman–Crippen MR) is 84.9 cm³/mol.